The number of nitrogens with zero attached hydrogens (tertiary/aromatic N) is 1. The summed E-state index contributed by atoms with van der Waals surface area (Å²) < 4.78 is 19.8. The predicted octanol–water partition coefficient (Wildman–Crippen LogP) is 5.89. The number of ether oxygens (including phenoxy) is 3. The van der Waals surface area contributed by atoms with E-state index in [2.05, 4.69) is 24.1 Å². The first kappa shape index (κ1) is 22.0. The molecule has 2 heterocycles. The maximum Gasteiger partial charge on any atom is 0.165 e. The van der Waals surface area contributed by atoms with Crippen LogP contribution in [-0.2, 0) is 16.6 Å². The molecule has 2 aliphatic heterocycles. The molecule has 4 bridgehead atoms. The minimum atomic E-state index is -0.163. The monoisotopic (exact) mass is 465 g/mol. The number of likely N-dealkylation sites (tertiary alicyclic amines) is 1. The Morgan fingerprint density at radius 2 is 1.82 bits per heavy atom. The molecule has 0 radical (unpaired) electrons. The largest absolute Gasteiger partial charge is 0.493 e. The summed E-state index contributed by atoms with van der Waals surface area (Å²) in [6.45, 7) is 1.16. The topological polar surface area (TPSA) is 30.9 Å². The summed E-state index contributed by atoms with van der Waals surface area (Å²) >= 11 is 0. The van der Waals surface area contributed by atoms with Crippen molar-refractivity contribution in [1.29, 1.82) is 0 Å². The zero-order valence-corrected chi connectivity index (χ0v) is 21.5. The normalized spacial score (nSPS) is 43.1. The molecule has 1 aromatic carbocycles. The molecule has 7 aliphatic rings. The Morgan fingerprint density at radius 3 is 2.59 bits per heavy atom. The summed E-state index contributed by atoms with van der Waals surface area (Å²) in [4.78, 5) is 2.71. The summed E-state index contributed by atoms with van der Waals surface area (Å²) in [5.74, 6) is 3.45. The highest BCUT2D eigenvalue weighted by atomic mass is 16.6. The van der Waals surface area contributed by atoms with E-state index in [0.29, 0.717) is 17.4 Å². The summed E-state index contributed by atoms with van der Waals surface area (Å²) in [6.07, 6.45) is 17.6. The molecule has 34 heavy (non-hydrogen) atoms. The van der Waals surface area contributed by atoms with Crippen LogP contribution in [0.2, 0.25) is 0 Å². The lowest BCUT2D eigenvalue weighted by Crippen LogP contribution is -2.80. The van der Waals surface area contributed by atoms with Crippen molar-refractivity contribution in [2.24, 2.45) is 17.3 Å². The third kappa shape index (κ3) is 2.53. The van der Waals surface area contributed by atoms with Gasteiger partial charge in [-0.2, -0.15) is 0 Å². The van der Waals surface area contributed by atoms with Crippen LogP contribution in [0.15, 0.2) is 12.1 Å². The first-order valence-corrected chi connectivity index (χ1v) is 14.2. The highest BCUT2D eigenvalue weighted by Crippen LogP contribution is 2.77. The number of likely N-dealkylation sites (N-methyl/N-ethyl adjacent to an activating group) is 1. The molecular formula is C30H43NO3. The van der Waals surface area contributed by atoms with Crippen LogP contribution in [0.4, 0.5) is 0 Å². The van der Waals surface area contributed by atoms with Gasteiger partial charge in [0.2, 0.25) is 0 Å². The molecular weight excluding hydrogens is 422 g/mol. The van der Waals surface area contributed by atoms with Crippen molar-refractivity contribution >= 4 is 0 Å². The van der Waals surface area contributed by atoms with Gasteiger partial charge < -0.3 is 19.1 Å². The predicted molar refractivity (Wildman–Crippen MR) is 134 cm³/mol. The zero-order valence-electron chi connectivity index (χ0n) is 21.5. The Labute approximate surface area is 205 Å². The number of hydrogen-bond donors (Lipinski definition) is 0. The Morgan fingerprint density at radius 1 is 1.03 bits per heavy atom. The minimum absolute atomic E-state index is 0.0906. The van der Waals surface area contributed by atoms with Crippen LogP contribution < -0.4 is 9.47 Å². The third-order valence-corrected chi connectivity index (χ3v) is 11.8. The van der Waals surface area contributed by atoms with Crippen molar-refractivity contribution in [3.8, 4) is 11.5 Å². The summed E-state index contributed by atoms with van der Waals surface area (Å²) in [6, 6.07) is 5.12. The van der Waals surface area contributed by atoms with E-state index in [1.54, 1.807) is 7.11 Å². The maximum absolute atomic E-state index is 7.15. The molecule has 5 fully saturated rings. The third-order valence-electron chi connectivity index (χ3n) is 11.8. The summed E-state index contributed by atoms with van der Waals surface area (Å²) in [5, 5.41) is 0. The number of piperidine rings is 1. The van der Waals surface area contributed by atoms with Gasteiger partial charge in [0.05, 0.1) is 7.11 Å². The fourth-order valence-corrected chi connectivity index (χ4v) is 10.4. The van der Waals surface area contributed by atoms with Gasteiger partial charge in [-0.15, -0.1) is 0 Å². The van der Waals surface area contributed by atoms with Gasteiger partial charge in [0.15, 0.2) is 11.5 Å². The van der Waals surface area contributed by atoms with Crippen LogP contribution >= 0.6 is 0 Å². The maximum atomic E-state index is 7.15. The Balaban J connectivity index is 1.36. The molecule has 2 spiro atoms. The fraction of sp³-hybridized carbons (Fsp3) is 0.800. The van der Waals surface area contributed by atoms with Crippen molar-refractivity contribution < 1.29 is 14.2 Å². The SMILES string of the molecule is COc1ccc2c3c1O[C@@H]1[C@]34CCN(C)[C@H](C2)[C@]42CC[C@@]1(OC)C(CC1CCCCCCC1)C2. The second-order valence-electron chi connectivity index (χ2n) is 12.7. The van der Waals surface area contributed by atoms with Gasteiger partial charge in [0.25, 0.3) is 0 Å². The van der Waals surface area contributed by atoms with Crippen LogP contribution in [0.5, 0.6) is 11.5 Å². The molecule has 1 saturated heterocycles. The standard InChI is InChI=1S/C30H43NO3/c1-31-16-15-29-25-21-11-12-23(32-2)26(25)34-27(29)30(33-3)14-13-28(29,24(31)18-21)19-22(30)17-20-9-7-5-4-6-8-10-20/h11-12,20,22,24,27H,4-10,13-19H2,1-3H3/t22?,24-,27-,28-,29+,30-/m1/s1. The van der Waals surface area contributed by atoms with E-state index in [-0.39, 0.29) is 17.1 Å². The molecule has 0 N–H and O–H groups in total. The fourth-order valence-electron chi connectivity index (χ4n) is 10.4. The lowest BCUT2D eigenvalue weighted by atomic mass is 9.34. The lowest BCUT2D eigenvalue weighted by Gasteiger charge is -2.74. The second-order valence-corrected chi connectivity index (χ2v) is 12.7. The molecule has 8 rings (SSSR count). The van der Waals surface area contributed by atoms with Gasteiger partial charge in [-0.25, -0.2) is 0 Å². The first-order chi connectivity index (χ1) is 16.6. The molecule has 1 unspecified atom stereocenters. The number of fused-ring (bicyclic) bond motifs is 2. The van der Waals surface area contributed by atoms with E-state index in [1.807, 2.05) is 7.11 Å². The van der Waals surface area contributed by atoms with E-state index in [9.17, 15) is 0 Å². The Bertz CT molecular complexity index is 970. The van der Waals surface area contributed by atoms with E-state index in [0.717, 1.165) is 36.8 Å². The second kappa shape index (κ2) is 7.62. The van der Waals surface area contributed by atoms with Crippen LogP contribution in [0.1, 0.15) is 88.2 Å². The van der Waals surface area contributed by atoms with Gasteiger partial charge in [0.1, 0.15) is 11.7 Å². The van der Waals surface area contributed by atoms with Gasteiger partial charge in [-0.05, 0) is 75.6 Å². The van der Waals surface area contributed by atoms with Crippen LogP contribution in [0.3, 0.4) is 0 Å². The van der Waals surface area contributed by atoms with Crippen LogP contribution in [0.25, 0.3) is 0 Å². The van der Waals surface area contributed by atoms with Crippen molar-refractivity contribution in [2.45, 2.75) is 107 Å². The van der Waals surface area contributed by atoms with Gasteiger partial charge in [0, 0.05) is 29.5 Å². The van der Waals surface area contributed by atoms with Crippen molar-refractivity contribution in [3.63, 3.8) is 0 Å². The molecule has 0 amide bonds. The minimum Gasteiger partial charge on any atom is -0.493 e. The van der Waals surface area contributed by atoms with E-state index in [4.69, 9.17) is 14.2 Å². The summed E-state index contributed by atoms with van der Waals surface area (Å²) in [5.41, 5.74) is 3.26. The van der Waals surface area contributed by atoms with Crippen molar-refractivity contribution in [3.05, 3.63) is 23.3 Å². The smallest absolute Gasteiger partial charge is 0.165 e. The molecule has 4 heteroatoms. The number of benzene rings is 1. The van der Waals surface area contributed by atoms with Crippen molar-refractivity contribution in [1.82, 2.24) is 4.90 Å². The number of methoxy groups -OCH3 is 2. The number of rotatable bonds is 4. The van der Waals surface area contributed by atoms with Gasteiger partial charge in [-0.1, -0.05) is 51.0 Å². The van der Waals surface area contributed by atoms with E-state index >= 15 is 0 Å². The average Bonchev–Trinajstić information content (AvgIpc) is 3.20. The quantitative estimate of drug-likeness (QED) is 0.555. The molecule has 1 aromatic rings. The molecule has 5 aliphatic carbocycles. The number of hydrogen-bond acceptors (Lipinski definition) is 4. The van der Waals surface area contributed by atoms with Gasteiger partial charge >= 0.3 is 0 Å². The van der Waals surface area contributed by atoms with Crippen LogP contribution in [0, 0.1) is 17.3 Å². The molecule has 4 nitrogen and oxygen atoms in total. The average molecular weight is 466 g/mol. The van der Waals surface area contributed by atoms with E-state index < -0.39 is 0 Å². The van der Waals surface area contributed by atoms with Crippen LogP contribution in [-0.4, -0.2) is 50.5 Å². The highest BCUT2D eigenvalue weighted by Gasteiger charge is 2.80. The first-order valence-electron chi connectivity index (χ1n) is 14.2. The lowest BCUT2D eigenvalue weighted by molar-refractivity contribution is -0.278. The summed E-state index contributed by atoms with van der Waals surface area (Å²) in [7, 11) is 6.19. The van der Waals surface area contributed by atoms with Gasteiger partial charge in [-0.3, -0.25) is 0 Å². The molecule has 4 saturated carbocycles. The molecule has 6 atom stereocenters. The zero-order chi connectivity index (χ0) is 23.1. The van der Waals surface area contributed by atoms with E-state index in [1.165, 1.54) is 81.8 Å². The Kier molecular flexibility index (Phi) is 4.93. The molecule has 186 valence electrons. The molecule has 0 aromatic heterocycles. The Hall–Kier alpha value is -1.26. The van der Waals surface area contributed by atoms with Crippen molar-refractivity contribution in [2.75, 3.05) is 27.8 Å². The highest BCUT2D eigenvalue weighted by molar-refractivity contribution is 5.63.